The molecule has 0 aliphatic rings. The lowest BCUT2D eigenvalue weighted by Gasteiger charge is -2.20. The Balaban J connectivity index is 3.34. The molecule has 90 valence electrons. The van der Waals surface area contributed by atoms with E-state index in [1.165, 1.54) is 0 Å². The maximum atomic E-state index is 11.2. The van der Waals surface area contributed by atoms with Gasteiger partial charge < -0.3 is 15.5 Å². The molecule has 0 aromatic carbocycles. The van der Waals surface area contributed by atoms with Gasteiger partial charge in [-0.05, 0) is 27.3 Å². The van der Waals surface area contributed by atoms with Crippen LogP contribution in [0.4, 0.5) is 0 Å². The summed E-state index contributed by atoms with van der Waals surface area (Å²) in [6, 6.07) is 0.556. The van der Waals surface area contributed by atoms with Crippen molar-refractivity contribution in [2.45, 2.75) is 33.2 Å². The summed E-state index contributed by atoms with van der Waals surface area (Å²) in [6.45, 7) is 9.39. The lowest BCUT2D eigenvalue weighted by Crippen LogP contribution is -2.39. The molecule has 1 amide bonds. The highest BCUT2D eigenvalue weighted by molar-refractivity contribution is 5.77. The van der Waals surface area contributed by atoms with Gasteiger partial charge in [0.1, 0.15) is 0 Å². The zero-order valence-corrected chi connectivity index (χ0v) is 10.5. The zero-order valence-electron chi connectivity index (χ0n) is 10.5. The number of carbonyl (C=O) groups excluding carboxylic acids is 1. The number of nitrogens with zero attached hydrogens (tertiary/aromatic N) is 1. The van der Waals surface area contributed by atoms with Crippen LogP contribution >= 0.6 is 0 Å². The minimum Gasteiger partial charge on any atom is -0.355 e. The van der Waals surface area contributed by atoms with Crippen molar-refractivity contribution in [3.05, 3.63) is 0 Å². The van der Waals surface area contributed by atoms with Gasteiger partial charge in [-0.15, -0.1) is 0 Å². The molecule has 0 aliphatic heterocycles. The van der Waals surface area contributed by atoms with E-state index in [9.17, 15) is 4.79 Å². The molecule has 0 bridgehead atoms. The van der Waals surface area contributed by atoms with Crippen LogP contribution in [-0.4, -0.2) is 50.1 Å². The average molecular weight is 215 g/mol. The highest BCUT2D eigenvalue weighted by Gasteiger charge is 2.02. The fraction of sp³-hybridized carbons (Fsp3) is 0.909. The molecule has 0 spiro atoms. The van der Waals surface area contributed by atoms with Gasteiger partial charge in [-0.3, -0.25) is 4.79 Å². The van der Waals surface area contributed by atoms with Crippen molar-refractivity contribution in [2.24, 2.45) is 0 Å². The van der Waals surface area contributed by atoms with Crippen molar-refractivity contribution >= 4 is 5.91 Å². The van der Waals surface area contributed by atoms with Gasteiger partial charge in [0.2, 0.25) is 5.91 Å². The van der Waals surface area contributed by atoms with Crippen LogP contribution in [0.25, 0.3) is 0 Å². The second kappa shape index (κ2) is 8.68. The summed E-state index contributed by atoms with van der Waals surface area (Å²) < 4.78 is 0. The van der Waals surface area contributed by atoms with E-state index in [1.807, 2.05) is 6.92 Å². The lowest BCUT2D eigenvalue weighted by atomic mass is 10.3. The number of carbonyl (C=O) groups is 1. The molecule has 15 heavy (non-hydrogen) atoms. The maximum absolute atomic E-state index is 11.2. The van der Waals surface area contributed by atoms with E-state index in [4.69, 9.17) is 0 Å². The van der Waals surface area contributed by atoms with Crippen LogP contribution < -0.4 is 10.6 Å². The van der Waals surface area contributed by atoms with E-state index in [1.54, 1.807) is 0 Å². The van der Waals surface area contributed by atoms with E-state index in [0.29, 0.717) is 12.6 Å². The predicted molar refractivity (Wildman–Crippen MR) is 63.9 cm³/mol. The van der Waals surface area contributed by atoms with E-state index in [2.05, 4.69) is 36.4 Å². The molecule has 0 atom stereocenters. The van der Waals surface area contributed by atoms with Gasteiger partial charge in [-0.25, -0.2) is 0 Å². The van der Waals surface area contributed by atoms with E-state index >= 15 is 0 Å². The van der Waals surface area contributed by atoms with Crippen molar-refractivity contribution in [3.8, 4) is 0 Å². The van der Waals surface area contributed by atoms with Gasteiger partial charge in [0.15, 0.2) is 0 Å². The minimum atomic E-state index is 0.0871. The van der Waals surface area contributed by atoms with Crippen molar-refractivity contribution in [1.82, 2.24) is 15.5 Å². The second-order valence-electron chi connectivity index (χ2n) is 4.10. The molecule has 0 saturated heterocycles. The topological polar surface area (TPSA) is 44.4 Å². The molecule has 4 heteroatoms. The zero-order chi connectivity index (χ0) is 11.7. The van der Waals surface area contributed by atoms with Crippen LogP contribution in [0.5, 0.6) is 0 Å². The molecule has 2 N–H and O–H groups in total. The first kappa shape index (κ1) is 14.4. The standard InChI is InChI=1S/C11H25N3O/c1-5-6-13-11(15)9-12-7-8-14(4)10(2)3/h10,12H,5-9H2,1-4H3,(H,13,15). The monoisotopic (exact) mass is 215 g/mol. The summed E-state index contributed by atoms with van der Waals surface area (Å²) in [5.74, 6) is 0.0871. The summed E-state index contributed by atoms with van der Waals surface area (Å²) in [5, 5.41) is 5.95. The SMILES string of the molecule is CCCNC(=O)CNCCN(C)C(C)C. The van der Waals surface area contributed by atoms with E-state index in [-0.39, 0.29) is 5.91 Å². The first-order chi connectivity index (χ1) is 7.07. The molecule has 0 radical (unpaired) electrons. The van der Waals surface area contributed by atoms with E-state index < -0.39 is 0 Å². The molecule has 0 heterocycles. The lowest BCUT2D eigenvalue weighted by molar-refractivity contribution is -0.120. The summed E-state index contributed by atoms with van der Waals surface area (Å²) in [4.78, 5) is 13.4. The molecule has 0 rings (SSSR count). The fourth-order valence-electron chi connectivity index (χ4n) is 1.04. The maximum Gasteiger partial charge on any atom is 0.233 e. The molecule has 0 aliphatic carbocycles. The van der Waals surface area contributed by atoms with Crippen molar-refractivity contribution in [2.75, 3.05) is 33.2 Å². The molecule has 0 saturated carbocycles. The summed E-state index contributed by atoms with van der Waals surface area (Å²) in [5.41, 5.74) is 0. The van der Waals surface area contributed by atoms with Crippen molar-refractivity contribution in [1.29, 1.82) is 0 Å². The molecular weight excluding hydrogens is 190 g/mol. The van der Waals surface area contributed by atoms with Crippen LogP contribution in [0.3, 0.4) is 0 Å². The third kappa shape index (κ3) is 8.39. The first-order valence-corrected chi connectivity index (χ1v) is 5.75. The number of rotatable bonds is 8. The summed E-state index contributed by atoms with van der Waals surface area (Å²) in [7, 11) is 2.09. The number of hydrogen-bond acceptors (Lipinski definition) is 3. The Kier molecular flexibility index (Phi) is 8.33. The normalized spacial score (nSPS) is 11.1. The van der Waals surface area contributed by atoms with E-state index in [0.717, 1.165) is 26.1 Å². The predicted octanol–water partition coefficient (Wildman–Crippen LogP) is 0.442. The number of nitrogens with one attached hydrogen (secondary N) is 2. The molecule has 0 aromatic rings. The van der Waals surface area contributed by atoms with Gasteiger partial charge in [0.05, 0.1) is 6.54 Å². The smallest absolute Gasteiger partial charge is 0.233 e. The Morgan fingerprint density at radius 3 is 2.53 bits per heavy atom. The molecule has 0 fully saturated rings. The van der Waals surface area contributed by atoms with Gasteiger partial charge >= 0.3 is 0 Å². The van der Waals surface area contributed by atoms with Crippen molar-refractivity contribution in [3.63, 3.8) is 0 Å². The number of hydrogen-bond donors (Lipinski definition) is 2. The highest BCUT2D eigenvalue weighted by atomic mass is 16.1. The summed E-state index contributed by atoms with van der Waals surface area (Å²) in [6.07, 6.45) is 0.988. The molecular formula is C11H25N3O. The third-order valence-corrected chi connectivity index (χ3v) is 2.38. The second-order valence-corrected chi connectivity index (χ2v) is 4.10. The van der Waals surface area contributed by atoms with Gasteiger partial charge in [-0.1, -0.05) is 6.92 Å². The van der Waals surface area contributed by atoms with Crippen LogP contribution in [0.15, 0.2) is 0 Å². The number of amides is 1. The van der Waals surface area contributed by atoms with Crippen LogP contribution in [0.1, 0.15) is 27.2 Å². The molecule has 0 aromatic heterocycles. The average Bonchev–Trinajstić information content (AvgIpc) is 2.20. The Labute approximate surface area is 93.4 Å². The highest BCUT2D eigenvalue weighted by Crippen LogP contribution is 1.90. The van der Waals surface area contributed by atoms with Gasteiger partial charge in [-0.2, -0.15) is 0 Å². The largest absolute Gasteiger partial charge is 0.355 e. The third-order valence-electron chi connectivity index (χ3n) is 2.38. The van der Waals surface area contributed by atoms with Gasteiger partial charge in [0.25, 0.3) is 0 Å². The first-order valence-electron chi connectivity index (χ1n) is 5.75. The Morgan fingerprint density at radius 2 is 2.00 bits per heavy atom. The fourth-order valence-corrected chi connectivity index (χ4v) is 1.04. The van der Waals surface area contributed by atoms with Crippen LogP contribution in [0, 0.1) is 0 Å². The minimum absolute atomic E-state index is 0.0871. The number of likely N-dealkylation sites (N-methyl/N-ethyl adjacent to an activating group) is 1. The van der Waals surface area contributed by atoms with Crippen LogP contribution in [0.2, 0.25) is 0 Å². The van der Waals surface area contributed by atoms with Crippen LogP contribution in [-0.2, 0) is 4.79 Å². The summed E-state index contributed by atoms with van der Waals surface area (Å²) >= 11 is 0. The molecule has 0 unspecified atom stereocenters. The van der Waals surface area contributed by atoms with Crippen molar-refractivity contribution < 1.29 is 4.79 Å². The Hall–Kier alpha value is -0.610. The Morgan fingerprint density at radius 1 is 1.33 bits per heavy atom. The van der Waals surface area contributed by atoms with Gasteiger partial charge in [0, 0.05) is 25.7 Å². The molecule has 4 nitrogen and oxygen atoms in total. The Bertz CT molecular complexity index is 171. The quantitative estimate of drug-likeness (QED) is 0.578.